The topological polar surface area (TPSA) is 54.4 Å². The summed E-state index contributed by atoms with van der Waals surface area (Å²) in [7, 11) is 0. The van der Waals surface area contributed by atoms with E-state index in [1.165, 1.54) is 5.56 Å². The van der Waals surface area contributed by atoms with Gasteiger partial charge >= 0.3 is 5.97 Å². The molecule has 1 atom stereocenters. The van der Waals surface area contributed by atoms with Crippen molar-refractivity contribution in [3.8, 4) is 0 Å². The Bertz CT molecular complexity index is 488. The lowest BCUT2D eigenvalue weighted by Gasteiger charge is -2.22. The van der Waals surface area contributed by atoms with Gasteiger partial charge in [0.1, 0.15) is 0 Å². The van der Waals surface area contributed by atoms with Crippen molar-refractivity contribution in [1.29, 1.82) is 0 Å². The van der Waals surface area contributed by atoms with Crippen LogP contribution in [0.2, 0.25) is 0 Å². The van der Waals surface area contributed by atoms with Crippen molar-refractivity contribution in [2.45, 2.75) is 33.1 Å². The van der Waals surface area contributed by atoms with Gasteiger partial charge in [-0.2, -0.15) is 0 Å². The van der Waals surface area contributed by atoms with Crippen LogP contribution in [0, 0.1) is 12.8 Å². The first-order valence-electron chi connectivity index (χ1n) is 5.85. The van der Waals surface area contributed by atoms with Crippen LogP contribution in [0.15, 0.2) is 12.1 Å². The molecule has 0 aliphatic heterocycles. The number of aliphatic carboxylic acids is 1. The standard InChI is InChI=1S/C14H16O3/c1-8-5-10-3-4-11(14(16)17)6-12(10)7-13(8)9(2)15/h5,7,11H,3-4,6H2,1-2H3,(H,16,17)/t11-/m1/s1. The number of fused-ring (bicyclic) bond motifs is 1. The Hall–Kier alpha value is -1.64. The predicted octanol–water partition coefficient (Wildman–Crippen LogP) is 2.39. The molecule has 0 bridgehead atoms. The van der Waals surface area contributed by atoms with Gasteiger partial charge in [-0.05, 0) is 55.9 Å². The number of ketones is 1. The molecule has 0 spiro atoms. The van der Waals surface area contributed by atoms with Gasteiger partial charge in [0.2, 0.25) is 0 Å². The number of Topliss-reactive ketones (excluding diaryl/α,β-unsaturated/α-hetero) is 1. The highest BCUT2D eigenvalue weighted by atomic mass is 16.4. The number of carboxylic acid groups (broad SMARTS) is 1. The fraction of sp³-hybridized carbons (Fsp3) is 0.429. The molecule has 0 fully saturated rings. The van der Waals surface area contributed by atoms with E-state index in [4.69, 9.17) is 5.11 Å². The van der Waals surface area contributed by atoms with E-state index in [9.17, 15) is 9.59 Å². The van der Waals surface area contributed by atoms with Crippen LogP contribution in [0.1, 0.15) is 40.4 Å². The Morgan fingerprint density at radius 3 is 2.59 bits per heavy atom. The van der Waals surface area contributed by atoms with Crippen LogP contribution in [0.5, 0.6) is 0 Å². The minimum atomic E-state index is -0.736. The molecule has 0 saturated carbocycles. The third-order valence-corrected chi connectivity index (χ3v) is 3.50. The van der Waals surface area contributed by atoms with Crippen molar-refractivity contribution in [3.05, 3.63) is 34.4 Å². The zero-order valence-corrected chi connectivity index (χ0v) is 10.1. The summed E-state index contributed by atoms with van der Waals surface area (Å²) in [6, 6.07) is 3.91. The average Bonchev–Trinajstić information content (AvgIpc) is 2.27. The Morgan fingerprint density at radius 2 is 2.00 bits per heavy atom. The van der Waals surface area contributed by atoms with Crippen LogP contribution in [-0.2, 0) is 17.6 Å². The van der Waals surface area contributed by atoms with E-state index in [2.05, 4.69) is 0 Å². The van der Waals surface area contributed by atoms with E-state index in [-0.39, 0.29) is 11.7 Å². The van der Waals surface area contributed by atoms with Crippen LogP contribution >= 0.6 is 0 Å². The molecule has 1 N–H and O–H groups in total. The SMILES string of the molecule is CC(=O)c1cc2c(cc1C)CC[C@@H](C(=O)O)C2. The van der Waals surface area contributed by atoms with Gasteiger partial charge in [0.15, 0.2) is 5.78 Å². The molecule has 0 amide bonds. The second kappa shape index (κ2) is 4.32. The number of hydrogen-bond donors (Lipinski definition) is 1. The Labute approximate surface area is 100 Å². The van der Waals surface area contributed by atoms with E-state index >= 15 is 0 Å². The number of benzene rings is 1. The summed E-state index contributed by atoms with van der Waals surface area (Å²) in [6.07, 6.45) is 2.04. The molecule has 1 aromatic rings. The van der Waals surface area contributed by atoms with Crippen LogP contribution in [-0.4, -0.2) is 16.9 Å². The molecule has 90 valence electrons. The molecular weight excluding hydrogens is 216 g/mol. The molecule has 3 heteroatoms. The summed E-state index contributed by atoms with van der Waals surface area (Å²) in [6.45, 7) is 3.48. The molecule has 2 rings (SSSR count). The fourth-order valence-corrected chi connectivity index (χ4v) is 2.52. The first-order valence-corrected chi connectivity index (χ1v) is 5.85. The molecule has 1 aromatic carbocycles. The molecule has 3 nitrogen and oxygen atoms in total. The van der Waals surface area contributed by atoms with Crippen molar-refractivity contribution < 1.29 is 14.7 Å². The summed E-state index contributed by atoms with van der Waals surface area (Å²) in [5, 5.41) is 9.03. The monoisotopic (exact) mass is 232 g/mol. The molecule has 1 aliphatic rings. The van der Waals surface area contributed by atoms with E-state index in [0.29, 0.717) is 12.8 Å². The highest BCUT2D eigenvalue weighted by Crippen LogP contribution is 2.28. The highest BCUT2D eigenvalue weighted by molar-refractivity contribution is 5.95. The van der Waals surface area contributed by atoms with Gasteiger partial charge in [-0.25, -0.2) is 0 Å². The zero-order valence-electron chi connectivity index (χ0n) is 10.1. The van der Waals surface area contributed by atoms with Gasteiger partial charge in [0.25, 0.3) is 0 Å². The van der Waals surface area contributed by atoms with Crippen molar-refractivity contribution in [2.75, 3.05) is 0 Å². The maximum Gasteiger partial charge on any atom is 0.306 e. The Morgan fingerprint density at radius 1 is 1.29 bits per heavy atom. The van der Waals surface area contributed by atoms with E-state index in [0.717, 1.165) is 23.1 Å². The number of carbonyl (C=O) groups is 2. The van der Waals surface area contributed by atoms with Crippen LogP contribution in [0.25, 0.3) is 0 Å². The lowest BCUT2D eigenvalue weighted by Crippen LogP contribution is -2.22. The molecule has 0 unspecified atom stereocenters. The summed E-state index contributed by atoms with van der Waals surface area (Å²) in [5.41, 5.74) is 3.93. The zero-order chi connectivity index (χ0) is 12.6. The maximum atomic E-state index is 11.5. The van der Waals surface area contributed by atoms with Crippen LogP contribution in [0.3, 0.4) is 0 Å². The van der Waals surface area contributed by atoms with Gasteiger partial charge in [-0.3, -0.25) is 9.59 Å². The fourth-order valence-electron chi connectivity index (χ4n) is 2.52. The first kappa shape index (κ1) is 11.8. The summed E-state index contributed by atoms with van der Waals surface area (Å²) < 4.78 is 0. The van der Waals surface area contributed by atoms with Gasteiger partial charge in [0.05, 0.1) is 5.92 Å². The predicted molar refractivity (Wildman–Crippen MR) is 64.3 cm³/mol. The number of carboxylic acids is 1. The quantitative estimate of drug-likeness (QED) is 0.796. The Balaban J connectivity index is 2.40. The molecule has 17 heavy (non-hydrogen) atoms. The normalized spacial score (nSPS) is 18.6. The first-order chi connectivity index (χ1) is 7.99. The van der Waals surface area contributed by atoms with Crippen LogP contribution in [0.4, 0.5) is 0 Å². The maximum absolute atomic E-state index is 11.5. The third kappa shape index (κ3) is 2.23. The molecule has 0 saturated heterocycles. The molecule has 0 aromatic heterocycles. The largest absolute Gasteiger partial charge is 0.481 e. The van der Waals surface area contributed by atoms with Crippen molar-refractivity contribution >= 4 is 11.8 Å². The minimum absolute atomic E-state index is 0.0442. The highest BCUT2D eigenvalue weighted by Gasteiger charge is 2.25. The smallest absolute Gasteiger partial charge is 0.306 e. The lowest BCUT2D eigenvalue weighted by atomic mass is 9.82. The van der Waals surface area contributed by atoms with Crippen molar-refractivity contribution in [1.82, 2.24) is 0 Å². The van der Waals surface area contributed by atoms with Gasteiger partial charge in [-0.15, -0.1) is 0 Å². The number of hydrogen-bond acceptors (Lipinski definition) is 2. The number of carbonyl (C=O) groups excluding carboxylic acids is 1. The number of rotatable bonds is 2. The Kier molecular flexibility index (Phi) is 3.01. The minimum Gasteiger partial charge on any atom is -0.481 e. The lowest BCUT2D eigenvalue weighted by molar-refractivity contribution is -0.142. The second-order valence-corrected chi connectivity index (χ2v) is 4.77. The molecule has 1 aliphatic carbocycles. The van der Waals surface area contributed by atoms with Gasteiger partial charge < -0.3 is 5.11 Å². The van der Waals surface area contributed by atoms with Gasteiger partial charge in [0, 0.05) is 5.56 Å². The van der Waals surface area contributed by atoms with E-state index < -0.39 is 5.97 Å². The molecule has 0 radical (unpaired) electrons. The summed E-state index contributed by atoms with van der Waals surface area (Å²) in [5.74, 6) is -0.992. The van der Waals surface area contributed by atoms with Crippen molar-refractivity contribution in [2.24, 2.45) is 5.92 Å². The van der Waals surface area contributed by atoms with E-state index in [1.54, 1.807) is 6.92 Å². The number of aryl methyl sites for hydroxylation is 2. The summed E-state index contributed by atoms with van der Waals surface area (Å²) >= 11 is 0. The second-order valence-electron chi connectivity index (χ2n) is 4.77. The third-order valence-electron chi connectivity index (χ3n) is 3.50. The summed E-state index contributed by atoms with van der Waals surface area (Å²) in [4.78, 5) is 22.4. The van der Waals surface area contributed by atoms with Crippen molar-refractivity contribution in [3.63, 3.8) is 0 Å². The molecular formula is C14H16O3. The van der Waals surface area contributed by atoms with E-state index in [1.807, 2.05) is 19.1 Å². The van der Waals surface area contributed by atoms with Gasteiger partial charge in [-0.1, -0.05) is 6.07 Å². The molecule has 0 heterocycles. The average molecular weight is 232 g/mol. The van der Waals surface area contributed by atoms with Crippen LogP contribution < -0.4 is 0 Å².